The molecule has 0 saturated carbocycles. The van der Waals surface area contributed by atoms with Gasteiger partial charge < -0.3 is 9.47 Å². The van der Waals surface area contributed by atoms with Gasteiger partial charge in [0.2, 0.25) is 0 Å². The largest absolute Gasteiger partial charge is 0.492 e. The van der Waals surface area contributed by atoms with Crippen LogP contribution >= 0.6 is 11.6 Å². The number of carbonyl (C=O) groups excluding carboxylic acids is 1. The normalized spacial score (nSPS) is 16.0. The number of para-hydroxylation sites is 1. The molecule has 2 aromatic rings. The molecule has 2 aromatic carbocycles. The third-order valence-corrected chi connectivity index (χ3v) is 3.84. The van der Waals surface area contributed by atoms with E-state index in [1.165, 1.54) is 0 Å². The second-order valence-corrected chi connectivity index (χ2v) is 5.78. The summed E-state index contributed by atoms with van der Waals surface area (Å²) < 4.78 is 11.1. The number of ether oxygens (including phenoxy) is 2. The van der Waals surface area contributed by atoms with Crippen molar-refractivity contribution in [2.24, 2.45) is 5.10 Å². The highest BCUT2D eigenvalue weighted by Crippen LogP contribution is 2.24. The maximum atomic E-state index is 12.2. The van der Waals surface area contributed by atoms with Crippen LogP contribution in [0.2, 0.25) is 5.02 Å². The Morgan fingerprint density at radius 3 is 2.79 bits per heavy atom. The highest BCUT2D eigenvalue weighted by molar-refractivity contribution is 6.30. The number of carbonyl (C=O) groups is 1. The molecule has 0 aromatic heterocycles. The van der Waals surface area contributed by atoms with Crippen molar-refractivity contribution in [1.29, 1.82) is 0 Å². The Morgan fingerprint density at radius 2 is 2.00 bits per heavy atom. The van der Waals surface area contributed by atoms with Crippen molar-refractivity contribution in [2.75, 3.05) is 6.61 Å². The van der Waals surface area contributed by atoms with Crippen LogP contribution in [0.1, 0.15) is 18.9 Å². The van der Waals surface area contributed by atoms with Crippen LogP contribution in [-0.4, -0.2) is 24.3 Å². The van der Waals surface area contributed by atoms with E-state index in [9.17, 15) is 4.79 Å². The number of hydrogen-bond donors (Lipinski definition) is 1. The Hall–Kier alpha value is -2.53. The number of halogens is 1. The number of fused-ring (bicyclic) bond motifs is 1. The highest BCUT2D eigenvalue weighted by Gasteiger charge is 2.18. The Labute approximate surface area is 145 Å². The molecule has 0 aliphatic carbocycles. The van der Waals surface area contributed by atoms with Crippen LogP contribution in [0.4, 0.5) is 0 Å². The van der Waals surface area contributed by atoms with E-state index in [-0.39, 0.29) is 5.91 Å². The molecule has 1 aliphatic heterocycles. The van der Waals surface area contributed by atoms with E-state index < -0.39 is 6.10 Å². The fraction of sp³-hybridized carbons (Fsp3) is 0.222. The van der Waals surface area contributed by atoms with Gasteiger partial charge in [-0.3, -0.25) is 4.79 Å². The minimum Gasteiger partial charge on any atom is -0.492 e. The molecule has 0 spiro atoms. The molecule has 5 nitrogen and oxygen atoms in total. The van der Waals surface area contributed by atoms with Crippen molar-refractivity contribution >= 4 is 23.2 Å². The zero-order chi connectivity index (χ0) is 16.9. The molecule has 0 fully saturated rings. The zero-order valence-corrected chi connectivity index (χ0v) is 13.9. The quantitative estimate of drug-likeness (QED) is 0.865. The average molecular weight is 345 g/mol. The Bertz CT molecular complexity index is 759. The summed E-state index contributed by atoms with van der Waals surface area (Å²) in [6.45, 7) is 2.21. The first-order valence-electron chi connectivity index (χ1n) is 7.64. The van der Waals surface area contributed by atoms with Crippen LogP contribution < -0.4 is 14.9 Å². The summed E-state index contributed by atoms with van der Waals surface area (Å²) in [5.74, 6) is 1.04. The van der Waals surface area contributed by atoms with Gasteiger partial charge in [0, 0.05) is 17.0 Å². The average Bonchev–Trinajstić information content (AvgIpc) is 2.61. The van der Waals surface area contributed by atoms with E-state index in [1.807, 2.05) is 24.3 Å². The Kier molecular flexibility index (Phi) is 5.01. The molecular formula is C18H17ClN2O3. The molecule has 6 heteroatoms. The van der Waals surface area contributed by atoms with E-state index in [1.54, 1.807) is 31.2 Å². The smallest absolute Gasteiger partial charge is 0.280 e. The fourth-order valence-electron chi connectivity index (χ4n) is 2.32. The van der Waals surface area contributed by atoms with E-state index in [0.717, 1.165) is 17.0 Å². The molecule has 24 heavy (non-hydrogen) atoms. The molecular weight excluding hydrogens is 328 g/mol. The van der Waals surface area contributed by atoms with Gasteiger partial charge in [-0.1, -0.05) is 23.7 Å². The van der Waals surface area contributed by atoms with Gasteiger partial charge in [-0.05, 0) is 43.3 Å². The number of hydrazone groups is 1. The predicted octanol–water partition coefficient (Wildman–Crippen LogP) is 3.41. The molecule has 1 unspecified atom stereocenters. The highest BCUT2D eigenvalue weighted by atomic mass is 35.5. The summed E-state index contributed by atoms with van der Waals surface area (Å²) >= 11 is 5.82. The number of rotatable bonds is 4. The first-order valence-corrected chi connectivity index (χ1v) is 8.02. The Morgan fingerprint density at radius 1 is 1.25 bits per heavy atom. The lowest BCUT2D eigenvalue weighted by Crippen LogP contribution is -2.34. The van der Waals surface area contributed by atoms with Crippen molar-refractivity contribution in [3.63, 3.8) is 0 Å². The SMILES string of the molecule is CC(Oc1ccc(Cl)cc1)C(=O)N/N=C1\CCOc2ccccc21. The monoisotopic (exact) mass is 344 g/mol. The van der Waals surface area contributed by atoms with E-state index in [0.29, 0.717) is 23.8 Å². The first kappa shape index (κ1) is 16.3. The second kappa shape index (κ2) is 7.36. The minimum atomic E-state index is -0.675. The molecule has 1 amide bonds. The fourth-order valence-corrected chi connectivity index (χ4v) is 2.45. The summed E-state index contributed by atoms with van der Waals surface area (Å²) in [5.41, 5.74) is 4.26. The third kappa shape index (κ3) is 3.86. The van der Waals surface area contributed by atoms with E-state index in [4.69, 9.17) is 21.1 Å². The maximum Gasteiger partial charge on any atom is 0.280 e. The van der Waals surface area contributed by atoms with Crippen LogP contribution in [0.15, 0.2) is 53.6 Å². The topological polar surface area (TPSA) is 59.9 Å². The first-order chi connectivity index (χ1) is 11.6. The van der Waals surface area contributed by atoms with Gasteiger partial charge in [-0.2, -0.15) is 5.10 Å². The van der Waals surface area contributed by atoms with Crippen molar-refractivity contribution < 1.29 is 14.3 Å². The van der Waals surface area contributed by atoms with Gasteiger partial charge in [0.25, 0.3) is 5.91 Å². The van der Waals surface area contributed by atoms with Gasteiger partial charge in [-0.15, -0.1) is 0 Å². The van der Waals surface area contributed by atoms with Crippen LogP contribution in [0.3, 0.4) is 0 Å². The van der Waals surface area contributed by atoms with Gasteiger partial charge >= 0.3 is 0 Å². The Balaban J connectivity index is 1.64. The van der Waals surface area contributed by atoms with Crippen molar-refractivity contribution in [1.82, 2.24) is 5.43 Å². The van der Waals surface area contributed by atoms with Crippen LogP contribution in [0.5, 0.6) is 11.5 Å². The number of amides is 1. The summed E-state index contributed by atoms with van der Waals surface area (Å²) in [4.78, 5) is 12.2. The standard InChI is InChI=1S/C18H17ClN2O3/c1-12(24-14-8-6-13(19)7-9-14)18(22)21-20-16-10-11-23-17-5-3-2-4-15(16)17/h2-9,12H,10-11H2,1H3,(H,21,22)/b20-16+. The van der Waals surface area contributed by atoms with Crippen LogP contribution in [0.25, 0.3) is 0 Å². The molecule has 1 aliphatic rings. The lowest BCUT2D eigenvalue weighted by atomic mass is 10.0. The summed E-state index contributed by atoms with van der Waals surface area (Å²) in [7, 11) is 0. The number of nitrogens with zero attached hydrogens (tertiary/aromatic N) is 1. The number of nitrogens with one attached hydrogen (secondary N) is 1. The molecule has 1 atom stereocenters. The second-order valence-electron chi connectivity index (χ2n) is 5.34. The van der Waals surface area contributed by atoms with Crippen molar-refractivity contribution in [3.05, 3.63) is 59.1 Å². The molecule has 0 radical (unpaired) electrons. The molecule has 124 valence electrons. The lowest BCUT2D eigenvalue weighted by molar-refractivity contribution is -0.127. The van der Waals surface area contributed by atoms with Gasteiger partial charge in [0.1, 0.15) is 11.5 Å². The van der Waals surface area contributed by atoms with Gasteiger partial charge in [0.05, 0.1) is 12.3 Å². The lowest BCUT2D eigenvalue weighted by Gasteiger charge is -2.19. The summed E-state index contributed by atoms with van der Waals surface area (Å²) in [6.07, 6.45) is -0.0328. The molecule has 0 saturated heterocycles. The summed E-state index contributed by atoms with van der Waals surface area (Å²) in [5, 5.41) is 4.85. The van der Waals surface area contributed by atoms with Crippen LogP contribution in [-0.2, 0) is 4.79 Å². The van der Waals surface area contributed by atoms with Crippen molar-refractivity contribution in [2.45, 2.75) is 19.4 Å². The van der Waals surface area contributed by atoms with Crippen LogP contribution in [0, 0.1) is 0 Å². The van der Waals surface area contributed by atoms with E-state index >= 15 is 0 Å². The molecule has 1 N–H and O–H groups in total. The molecule has 1 heterocycles. The summed E-state index contributed by atoms with van der Waals surface area (Å²) in [6, 6.07) is 14.5. The third-order valence-electron chi connectivity index (χ3n) is 3.59. The van der Waals surface area contributed by atoms with Crippen molar-refractivity contribution in [3.8, 4) is 11.5 Å². The molecule has 3 rings (SSSR count). The zero-order valence-electron chi connectivity index (χ0n) is 13.2. The number of hydrogen-bond acceptors (Lipinski definition) is 4. The minimum absolute atomic E-state index is 0.318. The predicted molar refractivity (Wildman–Crippen MR) is 92.8 cm³/mol. The van der Waals surface area contributed by atoms with Gasteiger partial charge in [-0.25, -0.2) is 5.43 Å². The maximum absolute atomic E-state index is 12.2. The van der Waals surface area contributed by atoms with E-state index in [2.05, 4.69) is 10.5 Å². The molecule has 0 bridgehead atoms. The number of benzene rings is 2. The van der Waals surface area contributed by atoms with Gasteiger partial charge in [0.15, 0.2) is 6.10 Å².